The lowest BCUT2D eigenvalue weighted by Gasteiger charge is -2.22. The van der Waals surface area contributed by atoms with E-state index in [1.54, 1.807) is 5.57 Å². The number of quaternary nitrogens is 1. The molecule has 1 atom stereocenters. The summed E-state index contributed by atoms with van der Waals surface area (Å²) in [5, 5.41) is 0. The fourth-order valence-electron chi connectivity index (χ4n) is 3.61. The van der Waals surface area contributed by atoms with Crippen molar-refractivity contribution in [2.45, 2.75) is 6.92 Å². The minimum Gasteiger partial charge on any atom is -0.324 e. The Hall–Kier alpha value is -1.86. The normalized spacial score (nSPS) is 20.5. The highest BCUT2D eigenvalue weighted by Crippen LogP contribution is 2.36. The monoisotopic (exact) mass is 278 g/mol. The molecule has 2 aromatic carbocycles. The van der Waals surface area contributed by atoms with Crippen LogP contribution >= 0.6 is 0 Å². The van der Waals surface area contributed by atoms with Crippen LogP contribution in [0.2, 0.25) is 0 Å². The van der Waals surface area contributed by atoms with Gasteiger partial charge in [0, 0.05) is 11.5 Å². The van der Waals surface area contributed by atoms with Gasteiger partial charge in [0.05, 0.1) is 20.6 Å². The number of likely N-dealkylation sites (N-methyl/N-ethyl adjacent to an activating group) is 1. The van der Waals surface area contributed by atoms with Crippen LogP contribution in [-0.2, 0) is 0 Å². The summed E-state index contributed by atoms with van der Waals surface area (Å²) in [5.74, 6) is 0.635. The van der Waals surface area contributed by atoms with E-state index in [1.165, 1.54) is 23.2 Å². The largest absolute Gasteiger partial charge is 0.324 e. The molecular weight excluding hydrogens is 254 g/mol. The van der Waals surface area contributed by atoms with E-state index in [1.807, 2.05) is 0 Å². The van der Waals surface area contributed by atoms with Crippen LogP contribution < -0.4 is 0 Å². The Kier molecular flexibility index (Phi) is 3.69. The highest BCUT2D eigenvalue weighted by atomic mass is 15.3. The summed E-state index contributed by atoms with van der Waals surface area (Å²) >= 11 is 0. The van der Waals surface area contributed by atoms with E-state index in [4.69, 9.17) is 0 Å². The zero-order chi connectivity index (χ0) is 14.9. The van der Waals surface area contributed by atoms with E-state index >= 15 is 0 Å². The minimum atomic E-state index is 0.635. The molecule has 1 heterocycles. The molecule has 0 aromatic heterocycles. The number of likely N-dealkylation sites (tertiary alicyclic amines) is 1. The lowest BCUT2D eigenvalue weighted by atomic mass is 9.89. The molecule has 0 N–H and O–H groups in total. The molecular formula is C20H24N+. The van der Waals surface area contributed by atoms with Crippen molar-refractivity contribution in [1.29, 1.82) is 0 Å². The van der Waals surface area contributed by atoms with Gasteiger partial charge in [-0.15, -0.1) is 0 Å². The molecule has 1 nitrogen and oxygen atoms in total. The molecule has 108 valence electrons. The number of hydrogen-bond donors (Lipinski definition) is 0. The first-order valence-electron chi connectivity index (χ1n) is 7.73. The van der Waals surface area contributed by atoms with Crippen molar-refractivity contribution in [2.24, 2.45) is 5.92 Å². The fraction of sp³-hybridized carbons (Fsp3) is 0.300. The Balaban J connectivity index is 2.18. The summed E-state index contributed by atoms with van der Waals surface area (Å²) in [5.41, 5.74) is 5.71. The Morgan fingerprint density at radius 1 is 0.857 bits per heavy atom. The van der Waals surface area contributed by atoms with Crippen molar-refractivity contribution in [3.63, 3.8) is 0 Å². The maximum atomic E-state index is 2.37. The molecule has 0 amide bonds. The van der Waals surface area contributed by atoms with Gasteiger partial charge in [0.1, 0.15) is 6.54 Å². The van der Waals surface area contributed by atoms with Crippen LogP contribution in [0.25, 0.3) is 5.57 Å². The third kappa shape index (κ3) is 2.93. The summed E-state index contributed by atoms with van der Waals surface area (Å²) in [6.45, 7) is 4.73. The van der Waals surface area contributed by atoms with Crippen molar-refractivity contribution in [3.05, 3.63) is 77.4 Å². The molecule has 0 aliphatic carbocycles. The lowest BCUT2D eigenvalue weighted by molar-refractivity contribution is -0.877. The van der Waals surface area contributed by atoms with Crippen molar-refractivity contribution in [1.82, 2.24) is 0 Å². The van der Waals surface area contributed by atoms with Gasteiger partial charge < -0.3 is 4.48 Å². The second kappa shape index (κ2) is 5.50. The Morgan fingerprint density at radius 2 is 1.33 bits per heavy atom. The van der Waals surface area contributed by atoms with E-state index < -0.39 is 0 Å². The minimum absolute atomic E-state index is 0.635. The smallest absolute Gasteiger partial charge is 0.101 e. The maximum absolute atomic E-state index is 2.37. The molecule has 1 saturated heterocycles. The summed E-state index contributed by atoms with van der Waals surface area (Å²) in [7, 11) is 4.66. The van der Waals surface area contributed by atoms with Crippen LogP contribution in [0.5, 0.6) is 0 Å². The van der Waals surface area contributed by atoms with Gasteiger partial charge in [-0.05, 0) is 16.7 Å². The van der Waals surface area contributed by atoms with Crippen LogP contribution in [0, 0.1) is 5.92 Å². The summed E-state index contributed by atoms with van der Waals surface area (Å²) in [4.78, 5) is 0. The van der Waals surface area contributed by atoms with E-state index in [2.05, 4.69) is 81.7 Å². The number of benzene rings is 2. The van der Waals surface area contributed by atoms with E-state index in [-0.39, 0.29) is 0 Å². The predicted molar refractivity (Wildman–Crippen MR) is 89.9 cm³/mol. The quantitative estimate of drug-likeness (QED) is 0.722. The number of hydrogen-bond acceptors (Lipinski definition) is 0. The molecule has 0 saturated carbocycles. The molecule has 2 aromatic rings. The Labute approximate surface area is 128 Å². The van der Waals surface area contributed by atoms with E-state index in [9.17, 15) is 0 Å². The lowest BCUT2D eigenvalue weighted by Crippen LogP contribution is -2.36. The SMILES string of the molecule is CC1C[N+](C)(C)CC1=C(c1ccccc1)c1ccccc1. The molecule has 0 radical (unpaired) electrons. The molecule has 3 rings (SSSR count). The molecule has 1 aliphatic heterocycles. The van der Waals surface area contributed by atoms with Gasteiger partial charge in [0.15, 0.2) is 0 Å². The number of nitrogens with zero attached hydrogens (tertiary/aromatic N) is 1. The maximum Gasteiger partial charge on any atom is 0.101 e. The predicted octanol–water partition coefficient (Wildman–Crippen LogP) is 4.21. The third-order valence-electron chi connectivity index (χ3n) is 4.41. The van der Waals surface area contributed by atoms with E-state index in [0.29, 0.717) is 5.92 Å². The third-order valence-corrected chi connectivity index (χ3v) is 4.41. The zero-order valence-corrected chi connectivity index (χ0v) is 13.2. The Morgan fingerprint density at radius 3 is 1.71 bits per heavy atom. The zero-order valence-electron chi connectivity index (χ0n) is 13.2. The van der Waals surface area contributed by atoms with Crippen molar-refractivity contribution in [2.75, 3.05) is 27.2 Å². The summed E-state index contributed by atoms with van der Waals surface area (Å²) < 4.78 is 1.08. The van der Waals surface area contributed by atoms with E-state index in [0.717, 1.165) is 11.0 Å². The summed E-state index contributed by atoms with van der Waals surface area (Å²) in [6, 6.07) is 21.7. The first-order valence-corrected chi connectivity index (χ1v) is 7.73. The molecule has 1 fully saturated rings. The van der Waals surface area contributed by atoms with Gasteiger partial charge in [-0.2, -0.15) is 0 Å². The Bertz CT molecular complexity index is 597. The van der Waals surface area contributed by atoms with Crippen molar-refractivity contribution < 1.29 is 4.48 Å². The van der Waals surface area contributed by atoms with Crippen LogP contribution in [-0.4, -0.2) is 31.7 Å². The average molecular weight is 278 g/mol. The molecule has 0 spiro atoms. The van der Waals surface area contributed by atoms with Crippen LogP contribution in [0.1, 0.15) is 18.1 Å². The van der Waals surface area contributed by atoms with Crippen molar-refractivity contribution in [3.8, 4) is 0 Å². The van der Waals surface area contributed by atoms with Gasteiger partial charge in [-0.1, -0.05) is 67.6 Å². The highest BCUT2D eigenvalue weighted by Gasteiger charge is 2.34. The summed E-state index contributed by atoms with van der Waals surface area (Å²) in [6.07, 6.45) is 0. The first-order chi connectivity index (χ1) is 10.1. The van der Waals surface area contributed by atoms with Crippen LogP contribution in [0.4, 0.5) is 0 Å². The first kappa shape index (κ1) is 14.1. The van der Waals surface area contributed by atoms with Crippen molar-refractivity contribution >= 4 is 5.57 Å². The highest BCUT2D eigenvalue weighted by molar-refractivity contribution is 5.82. The van der Waals surface area contributed by atoms with Crippen LogP contribution in [0.15, 0.2) is 66.2 Å². The molecule has 1 aliphatic rings. The van der Waals surface area contributed by atoms with Gasteiger partial charge in [-0.3, -0.25) is 0 Å². The van der Waals surface area contributed by atoms with Gasteiger partial charge >= 0.3 is 0 Å². The molecule has 0 bridgehead atoms. The molecule has 1 unspecified atom stereocenters. The fourth-order valence-corrected chi connectivity index (χ4v) is 3.61. The average Bonchev–Trinajstić information content (AvgIpc) is 2.75. The topological polar surface area (TPSA) is 0 Å². The van der Waals surface area contributed by atoms with Gasteiger partial charge in [-0.25, -0.2) is 0 Å². The molecule has 1 heteroatoms. The van der Waals surface area contributed by atoms with Crippen LogP contribution in [0.3, 0.4) is 0 Å². The molecule has 21 heavy (non-hydrogen) atoms. The van der Waals surface area contributed by atoms with Gasteiger partial charge in [0.25, 0.3) is 0 Å². The van der Waals surface area contributed by atoms with Gasteiger partial charge in [0.2, 0.25) is 0 Å². The number of rotatable bonds is 2. The second-order valence-corrected chi connectivity index (χ2v) is 6.81. The standard InChI is InChI=1S/C20H24N/c1-16-14-21(2,3)15-19(16)20(17-10-6-4-7-11-17)18-12-8-5-9-13-18/h4-13,16H,14-15H2,1-3H3/q+1. The second-order valence-electron chi connectivity index (χ2n) is 6.81.